The molecule has 0 fully saturated rings. The van der Waals surface area contributed by atoms with E-state index >= 15 is 0 Å². The molecular formula is C17H14ClNO2. The Morgan fingerprint density at radius 1 is 1.00 bits per heavy atom. The SMILES string of the molecule is CNc1oc(-c2ccccc2)c(O)c1-c1cccc(Cl)c1. The molecule has 3 aromatic rings. The molecule has 2 aromatic carbocycles. The second-order valence-corrected chi connectivity index (χ2v) is 5.05. The summed E-state index contributed by atoms with van der Waals surface area (Å²) < 4.78 is 5.77. The lowest BCUT2D eigenvalue weighted by atomic mass is 10.1. The highest BCUT2D eigenvalue weighted by atomic mass is 35.5. The van der Waals surface area contributed by atoms with Gasteiger partial charge in [-0.05, 0) is 17.7 Å². The molecule has 1 heterocycles. The van der Waals surface area contributed by atoms with E-state index in [1.807, 2.05) is 42.5 Å². The van der Waals surface area contributed by atoms with Crippen molar-refractivity contribution in [3.63, 3.8) is 0 Å². The number of hydrogen-bond acceptors (Lipinski definition) is 3. The molecule has 0 unspecified atom stereocenters. The zero-order valence-electron chi connectivity index (χ0n) is 11.4. The van der Waals surface area contributed by atoms with Crippen molar-refractivity contribution in [2.24, 2.45) is 0 Å². The van der Waals surface area contributed by atoms with Crippen molar-refractivity contribution in [1.29, 1.82) is 0 Å². The third-order valence-electron chi connectivity index (χ3n) is 3.26. The third-order valence-corrected chi connectivity index (χ3v) is 3.49. The molecule has 1 aromatic heterocycles. The van der Waals surface area contributed by atoms with Gasteiger partial charge in [0.2, 0.25) is 5.88 Å². The van der Waals surface area contributed by atoms with Crippen LogP contribution in [0.25, 0.3) is 22.5 Å². The third kappa shape index (κ3) is 2.48. The average Bonchev–Trinajstić information content (AvgIpc) is 2.85. The van der Waals surface area contributed by atoms with Gasteiger partial charge >= 0.3 is 0 Å². The summed E-state index contributed by atoms with van der Waals surface area (Å²) in [6.45, 7) is 0. The van der Waals surface area contributed by atoms with Crippen LogP contribution in [-0.4, -0.2) is 12.2 Å². The average molecular weight is 300 g/mol. The molecular weight excluding hydrogens is 286 g/mol. The predicted octanol–water partition coefficient (Wildman–Crippen LogP) is 5.01. The van der Waals surface area contributed by atoms with Gasteiger partial charge in [-0.1, -0.05) is 54.1 Å². The van der Waals surface area contributed by atoms with Gasteiger partial charge in [0.05, 0.1) is 5.56 Å². The van der Waals surface area contributed by atoms with E-state index in [1.54, 1.807) is 19.2 Å². The number of benzene rings is 2. The molecule has 0 radical (unpaired) electrons. The molecule has 106 valence electrons. The van der Waals surface area contributed by atoms with Gasteiger partial charge in [-0.25, -0.2) is 0 Å². The van der Waals surface area contributed by atoms with E-state index in [1.165, 1.54) is 0 Å². The number of furan rings is 1. The summed E-state index contributed by atoms with van der Waals surface area (Å²) in [6, 6.07) is 16.8. The molecule has 0 aliphatic heterocycles. The molecule has 0 saturated carbocycles. The zero-order chi connectivity index (χ0) is 14.8. The summed E-state index contributed by atoms with van der Waals surface area (Å²) >= 11 is 6.03. The van der Waals surface area contributed by atoms with Crippen LogP contribution < -0.4 is 5.32 Å². The number of aromatic hydroxyl groups is 1. The van der Waals surface area contributed by atoms with Crippen molar-refractivity contribution in [2.45, 2.75) is 0 Å². The van der Waals surface area contributed by atoms with Crippen LogP contribution in [0.3, 0.4) is 0 Å². The fourth-order valence-electron chi connectivity index (χ4n) is 2.30. The van der Waals surface area contributed by atoms with Crippen LogP contribution in [0.4, 0.5) is 5.88 Å². The predicted molar refractivity (Wildman–Crippen MR) is 85.8 cm³/mol. The van der Waals surface area contributed by atoms with Crippen LogP contribution in [0.15, 0.2) is 59.0 Å². The fraction of sp³-hybridized carbons (Fsp3) is 0.0588. The lowest BCUT2D eigenvalue weighted by Crippen LogP contribution is -1.87. The summed E-state index contributed by atoms with van der Waals surface area (Å²) in [5.41, 5.74) is 2.23. The van der Waals surface area contributed by atoms with Crippen molar-refractivity contribution in [1.82, 2.24) is 0 Å². The molecule has 0 amide bonds. The van der Waals surface area contributed by atoms with Crippen molar-refractivity contribution < 1.29 is 9.52 Å². The minimum absolute atomic E-state index is 0.104. The van der Waals surface area contributed by atoms with E-state index in [0.717, 1.165) is 11.1 Å². The van der Waals surface area contributed by atoms with Crippen LogP contribution >= 0.6 is 11.6 Å². The van der Waals surface area contributed by atoms with E-state index in [2.05, 4.69) is 5.32 Å². The van der Waals surface area contributed by atoms with E-state index in [9.17, 15) is 5.11 Å². The highest BCUT2D eigenvalue weighted by Gasteiger charge is 2.21. The van der Waals surface area contributed by atoms with Crippen molar-refractivity contribution >= 4 is 17.5 Å². The smallest absolute Gasteiger partial charge is 0.205 e. The van der Waals surface area contributed by atoms with Gasteiger partial charge in [0, 0.05) is 17.6 Å². The van der Waals surface area contributed by atoms with Gasteiger partial charge in [-0.3, -0.25) is 0 Å². The summed E-state index contributed by atoms with van der Waals surface area (Å²) in [7, 11) is 1.75. The van der Waals surface area contributed by atoms with Gasteiger partial charge in [0.1, 0.15) is 0 Å². The molecule has 0 aliphatic rings. The van der Waals surface area contributed by atoms with Gasteiger partial charge in [0.25, 0.3) is 0 Å². The molecule has 0 bridgehead atoms. The first kappa shape index (κ1) is 13.6. The first-order valence-electron chi connectivity index (χ1n) is 6.55. The normalized spacial score (nSPS) is 10.6. The largest absolute Gasteiger partial charge is 0.504 e. The summed E-state index contributed by atoms with van der Waals surface area (Å²) in [4.78, 5) is 0. The van der Waals surface area contributed by atoms with Crippen molar-refractivity contribution in [3.05, 3.63) is 59.6 Å². The Morgan fingerprint density at radius 2 is 1.71 bits per heavy atom. The Bertz CT molecular complexity index is 766. The molecule has 21 heavy (non-hydrogen) atoms. The monoisotopic (exact) mass is 299 g/mol. The molecule has 0 atom stereocenters. The lowest BCUT2D eigenvalue weighted by molar-refractivity contribution is 0.467. The maximum atomic E-state index is 10.6. The quantitative estimate of drug-likeness (QED) is 0.714. The minimum Gasteiger partial charge on any atom is -0.504 e. The van der Waals surface area contributed by atoms with Gasteiger partial charge in [-0.15, -0.1) is 0 Å². The topological polar surface area (TPSA) is 45.4 Å². The highest BCUT2D eigenvalue weighted by Crippen LogP contribution is 2.46. The van der Waals surface area contributed by atoms with E-state index in [-0.39, 0.29) is 5.75 Å². The Balaban J connectivity index is 2.20. The second kappa shape index (κ2) is 5.54. The maximum absolute atomic E-state index is 10.6. The summed E-state index contributed by atoms with van der Waals surface area (Å²) in [5, 5.41) is 14.1. The van der Waals surface area contributed by atoms with Crippen LogP contribution in [0.5, 0.6) is 5.75 Å². The highest BCUT2D eigenvalue weighted by molar-refractivity contribution is 6.30. The summed E-state index contributed by atoms with van der Waals surface area (Å²) in [6.07, 6.45) is 0. The van der Waals surface area contributed by atoms with Crippen LogP contribution in [0, 0.1) is 0 Å². The molecule has 0 spiro atoms. The number of hydrogen-bond donors (Lipinski definition) is 2. The molecule has 2 N–H and O–H groups in total. The van der Waals surface area contributed by atoms with Crippen molar-refractivity contribution in [3.8, 4) is 28.2 Å². The van der Waals surface area contributed by atoms with E-state index in [4.69, 9.17) is 16.0 Å². The molecule has 3 rings (SSSR count). The number of rotatable bonds is 3. The summed E-state index contributed by atoms with van der Waals surface area (Å²) in [5.74, 6) is 1.05. The minimum atomic E-state index is 0.104. The van der Waals surface area contributed by atoms with Crippen LogP contribution in [0.2, 0.25) is 5.02 Å². The fourth-order valence-corrected chi connectivity index (χ4v) is 2.49. The zero-order valence-corrected chi connectivity index (χ0v) is 12.2. The number of halogens is 1. The van der Waals surface area contributed by atoms with Gasteiger partial charge < -0.3 is 14.8 Å². The van der Waals surface area contributed by atoms with E-state index < -0.39 is 0 Å². The standard InChI is InChI=1S/C17H14ClNO2/c1-19-17-14(12-8-5-9-13(18)10-12)15(20)16(21-17)11-6-3-2-4-7-11/h2-10,19-20H,1H3. The van der Waals surface area contributed by atoms with Gasteiger partial charge in [0.15, 0.2) is 11.5 Å². The van der Waals surface area contributed by atoms with Crippen LogP contribution in [-0.2, 0) is 0 Å². The Morgan fingerprint density at radius 3 is 2.38 bits per heavy atom. The number of anilines is 1. The van der Waals surface area contributed by atoms with Gasteiger partial charge in [-0.2, -0.15) is 0 Å². The Labute approximate surface area is 127 Å². The molecule has 3 nitrogen and oxygen atoms in total. The first-order valence-corrected chi connectivity index (χ1v) is 6.93. The number of nitrogens with one attached hydrogen (secondary N) is 1. The molecule has 4 heteroatoms. The first-order chi connectivity index (χ1) is 10.2. The van der Waals surface area contributed by atoms with E-state index in [0.29, 0.717) is 22.2 Å². The molecule has 0 aliphatic carbocycles. The van der Waals surface area contributed by atoms with Crippen LogP contribution in [0.1, 0.15) is 0 Å². The Hall–Kier alpha value is -2.39. The second-order valence-electron chi connectivity index (χ2n) is 4.61. The van der Waals surface area contributed by atoms with Crippen molar-refractivity contribution in [2.75, 3.05) is 12.4 Å². The lowest BCUT2D eigenvalue weighted by Gasteiger charge is -2.03. The molecule has 0 saturated heterocycles. The maximum Gasteiger partial charge on any atom is 0.205 e. The Kier molecular flexibility index (Phi) is 3.59.